The molecule has 5 nitrogen and oxygen atoms in total. The summed E-state index contributed by atoms with van der Waals surface area (Å²) in [5.41, 5.74) is 10.0. The van der Waals surface area contributed by atoms with Crippen LogP contribution in [0.2, 0.25) is 0 Å². The van der Waals surface area contributed by atoms with Crippen LogP contribution in [0.4, 0.5) is 5.69 Å². The molecule has 0 atom stereocenters. The number of nitrogens with two attached hydrogens (primary N) is 1. The third kappa shape index (κ3) is 6.31. The highest BCUT2D eigenvalue weighted by Gasteiger charge is 2.14. The normalized spacial score (nSPS) is 11.3. The largest absolute Gasteiger partial charge is 0.399 e. The van der Waals surface area contributed by atoms with E-state index in [0.717, 1.165) is 11.1 Å². The number of carbonyl (C=O) groups is 2. The fraction of sp³-hybridized carbons (Fsp3) is 0.154. The van der Waals surface area contributed by atoms with Crippen LogP contribution in [-0.4, -0.2) is 11.8 Å². The number of anilines is 1. The summed E-state index contributed by atoms with van der Waals surface area (Å²) >= 11 is 0. The van der Waals surface area contributed by atoms with Gasteiger partial charge in [0, 0.05) is 17.8 Å². The molecular formula is C26H27N3O2. The number of amides is 2. The summed E-state index contributed by atoms with van der Waals surface area (Å²) in [6, 6.07) is 24.0. The highest BCUT2D eigenvalue weighted by Crippen LogP contribution is 2.16. The fourth-order valence-corrected chi connectivity index (χ4v) is 3.07. The summed E-state index contributed by atoms with van der Waals surface area (Å²) in [6.45, 7) is 4.55. The van der Waals surface area contributed by atoms with Crippen molar-refractivity contribution in [3.8, 4) is 0 Å². The van der Waals surface area contributed by atoms with Crippen LogP contribution in [0.3, 0.4) is 0 Å². The van der Waals surface area contributed by atoms with Crippen LogP contribution in [-0.2, 0) is 11.3 Å². The van der Waals surface area contributed by atoms with Crippen LogP contribution in [0.25, 0.3) is 6.08 Å². The van der Waals surface area contributed by atoms with Crippen LogP contribution >= 0.6 is 0 Å². The van der Waals surface area contributed by atoms with Gasteiger partial charge in [0.15, 0.2) is 0 Å². The third-order valence-corrected chi connectivity index (χ3v) is 4.85. The van der Waals surface area contributed by atoms with E-state index < -0.39 is 0 Å². The molecule has 158 valence electrons. The fourth-order valence-electron chi connectivity index (χ4n) is 3.07. The molecule has 0 radical (unpaired) electrons. The number of rotatable bonds is 7. The zero-order valence-corrected chi connectivity index (χ0v) is 17.8. The first-order valence-corrected chi connectivity index (χ1v) is 10.2. The Balaban J connectivity index is 1.82. The lowest BCUT2D eigenvalue weighted by Gasteiger charge is -2.12. The second kappa shape index (κ2) is 10.3. The van der Waals surface area contributed by atoms with Gasteiger partial charge in [-0.25, -0.2) is 0 Å². The minimum absolute atomic E-state index is 0.176. The van der Waals surface area contributed by atoms with Crippen LogP contribution in [0, 0.1) is 0 Å². The van der Waals surface area contributed by atoms with Gasteiger partial charge < -0.3 is 16.4 Å². The van der Waals surface area contributed by atoms with E-state index in [0.29, 0.717) is 23.7 Å². The highest BCUT2D eigenvalue weighted by atomic mass is 16.2. The average Bonchev–Trinajstić information content (AvgIpc) is 2.78. The summed E-state index contributed by atoms with van der Waals surface area (Å²) in [7, 11) is 0. The SMILES string of the molecule is CC(C)c1ccc(/C=C(/NC(=O)c2ccccc2)C(=O)NCc2cccc(N)c2)cc1. The van der Waals surface area contributed by atoms with Crippen LogP contribution < -0.4 is 16.4 Å². The maximum Gasteiger partial charge on any atom is 0.268 e. The molecular weight excluding hydrogens is 386 g/mol. The van der Waals surface area contributed by atoms with Crippen molar-refractivity contribution in [2.45, 2.75) is 26.3 Å². The summed E-state index contributed by atoms with van der Waals surface area (Å²) in [5.74, 6) is -0.304. The lowest BCUT2D eigenvalue weighted by atomic mass is 10.0. The molecule has 3 aromatic carbocycles. The predicted molar refractivity (Wildman–Crippen MR) is 125 cm³/mol. The van der Waals surface area contributed by atoms with E-state index in [1.54, 1.807) is 42.5 Å². The van der Waals surface area contributed by atoms with E-state index in [1.807, 2.05) is 42.5 Å². The second-order valence-electron chi connectivity index (χ2n) is 7.63. The van der Waals surface area contributed by atoms with Gasteiger partial charge in [-0.2, -0.15) is 0 Å². The monoisotopic (exact) mass is 413 g/mol. The Morgan fingerprint density at radius 3 is 2.29 bits per heavy atom. The van der Waals surface area contributed by atoms with Gasteiger partial charge in [0.1, 0.15) is 5.70 Å². The molecule has 0 bridgehead atoms. The van der Waals surface area contributed by atoms with Crippen molar-refractivity contribution in [3.63, 3.8) is 0 Å². The van der Waals surface area contributed by atoms with E-state index in [2.05, 4.69) is 24.5 Å². The average molecular weight is 414 g/mol. The van der Waals surface area contributed by atoms with Crippen LogP contribution in [0.1, 0.15) is 46.8 Å². The maximum absolute atomic E-state index is 12.9. The second-order valence-corrected chi connectivity index (χ2v) is 7.63. The standard InChI is InChI=1S/C26H27N3O2/c1-18(2)21-13-11-19(12-14-21)16-24(29-25(30)22-8-4-3-5-9-22)26(31)28-17-20-7-6-10-23(27)15-20/h3-16,18H,17,27H2,1-2H3,(H,28,31)(H,29,30)/b24-16+. The maximum atomic E-state index is 12.9. The van der Waals surface area contributed by atoms with Crippen molar-refractivity contribution < 1.29 is 9.59 Å². The zero-order chi connectivity index (χ0) is 22.2. The molecule has 0 unspecified atom stereocenters. The van der Waals surface area contributed by atoms with E-state index >= 15 is 0 Å². The minimum Gasteiger partial charge on any atom is -0.399 e. The molecule has 3 rings (SSSR count). The molecule has 4 N–H and O–H groups in total. The lowest BCUT2D eigenvalue weighted by Crippen LogP contribution is -2.34. The highest BCUT2D eigenvalue weighted by molar-refractivity contribution is 6.05. The summed E-state index contributed by atoms with van der Waals surface area (Å²) in [4.78, 5) is 25.6. The topological polar surface area (TPSA) is 84.2 Å². The Hall–Kier alpha value is -3.86. The van der Waals surface area contributed by atoms with Crippen molar-refractivity contribution in [1.82, 2.24) is 10.6 Å². The first-order chi connectivity index (χ1) is 14.9. The van der Waals surface area contributed by atoms with Crippen molar-refractivity contribution in [3.05, 3.63) is 107 Å². The summed E-state index contributed by atoms with van der Waals surface area (Å²) in [6.07, 6.45) is 1.68. The van der Waals surface area contributed by atoms with Gasteiger partial charge in [-0.05, 0) is 52.9 Å². The Kier molecular flexibility index (Phi) is 7.22. The first-order valence-electron chi connectivity index (χ1n) is 10.2. The lowest BCUT2D eigenvalue weighted by molar-refractivity contribution is -0.117. The summed E-state index contributed by atoms with van der Waals surface area (Å²) in [5, 5.41) is 5.61. The Labute approximate surface area is 183 Å². The molecule has 0 saturated carbocycles. The van der Waals surface area contributed by atoms with Crippen LogP contribution in [0.15, 0.2) is 84.6 Å². The molecule has 31 heavy (non-hydrogen) atoms. The summed E-state index contributed by atoms with van der Waals surface area (Å²) < 4.78 is 0. The number of carbonyl (C=O) groups excluding carboxylic acids is 2. The van der Waals surface area contributed by atoms with Gasteiger partial charge in [-0.15, -0.1) is 0 Å². The molecule has 0 aliphatic carbocycles. The smallest absolute Gasteiger partial charge is 0.268 e. The van der Waals surface area contributed by atoms with Gasteiger partial charge in [0.05, 0.1) is 0 Å². The quantitative estimate of drug-likeness (QED) is 0.394. The molecule has 0 aliphatic rings. The molecule has 0 spiro atoms. The molecule has 3 aromatic rings. The van der Waals surface area contributed by atoms with Crippen molar-refractivity contribution in [2.24, 2.45) is 0 Å². The van der Waals surface area contributed by atoms with E-state index in [9.17, 15) is 9.59 Å². The van der Waals surface area contributed by atoms with Crippen molar-refractivity contribution >= 4 is 23.6 Å². The molecule has 5 heteroatoms. The van der Waals surface area contributed by atoms with Gasteiger partial charge in [0.25, 0.3) is 11.8 Å². The van der Waals surface area contributed by atoms with E-state index in [1.165, 1.54) is 5.56 Å². The zero-order valence-electron chi connectivity index (χ0n) is 17.8. The number of hydrogen-bond acceptors (Lipinski definition) is 3. The number of benzene rings is 3. The predicted octanol–water partition coefficient (Wildman–Crippen LogP) is 4.48. The van der Waals surface area contributed by atoms with Gasteiger partial charge >= 0.3 is 0 Å². The first kappa shape index (κ1) is 21.8. The Morgan fingerprint density at radius 1 is 0.935 bits per heavy atom. The van der Waals surface area contributed by atoms with Gasteiger partial charge in [-0.3, -0.25) is 9.59 Å². The van der Waals surface area contributed by atoms with E-state index in [4.69, 9.17) is 5.73 Å². The third-order valence-electron chi connectivity index (χ3n) is 4.85. The number of nitrogens with one attached hydrogen (secondary N) is 2. The van der Waals surface area contributed by atoms with Gasteiger partial charge in [-0.1, -0.05) is 68.4 Å². The Bertz CT molecular complexity index is 1070. The van der Waals surface area contributed by atoms with Gasteiger partial charge in [0.2, 0.25) is 0 Å². The minimum atomic E-state index is -0.375. The molecule has 0 saturated heterocycles. The van der Waals surface area contributed by atoms with Crippen molar-refractivity contribution in [2.75, 3.05) is 5.73 Å². The van der Waals surface area contributed by atoms with E-state index in [-0.39, 0.29) is 17.5 Å². The number of nitrogen functional groups attached to an aromatic ring is 1. The molecule has 0 aromatic heterocycles. The molecule has 0 heterocycles. The Morgan fingerprint density at radius 2 is 1.65 bits per heavy atom. The molecule has 0 fully saturated rings. The van der Waals surface area contributed by atoms with Crippen molar-refractivity contribution in [1.29, 1.82) is 0 Å². The number of hydrogen-bond donors (Lipinski definition) is 3. The molecule has 2 amide bonds. The molecule has 0 aliphatic heterocycles. The van der Waals surface area contributed by atoms with Crippen LogP contribution in [0.5, 0.6) is 0 Å².